The molecule has 2 rings (SSSR count). The van der Waals surface area contributed by atoms with Crippen LogP contribution in [0, 0.1) is 18.6 Å². The Morgan fingerprint density at radius 1 is 1.41 bits per heavy atom. The van der Waals surface area contributed by atoms with Gasteiger partial charge in [0.15, 0.2) is 5.82 Å². The highest BCUT2D eigenvalue weighted by Crippen LogP contribution is 2.22. The average molecular weight is 308 g/mol. The number of amides is 1. The maximum Gasteiger partial charge on any atom is 0.234 e. The molecule has 0 saturated carbocycles. The number of hydrogen-bond acceptors (Lipinski definition) is 3. The van der Waals surface area contributed by atoms with Gasteiger partial charge in [0.1, 0.15) is 11.5 Å². The molecule has 0 aliphatic rings. The van der Waals surface area contributed by atoms with Crippen LogP contribution in [0.5, 0.6) is 0 Å². The van der Waals surface area contributed by atoms with Crippen LogP contribution in [0.2, 0.25) is 0 Å². The van der Waals surface area contributed by atoms with Gasteiger partial charge in [-0.05, 0) is 33.0 Å². The SMILES string of the molecule is CNCC(=O)N[C@H](C)c1cnn(-c2ccc(F)cc2F)c1C. The van der Waals surface area contributed by atoms with Gasteiger partial charge in [-0.25, -0.2) is 13.5 Å². The smallest absolute Gasteiger partial charge is 0.234 e. The zero-order chi connectivity index (χ0) is 16.3. The summed E-state index contributed by atoms with van der Waals surface area (Å²) in [5, 5.41) is 9.72. The monoisotopic (exact) mass is 308 g/mol. The Morgan fingerprint density at radius 3 is 2.77 bits per heavy atom. The van der Waals surface area contributed by atoms with Gasteiger partial charge in [0.25, 0.3) is 0 Å². The molecular formula is C15H18F2N4O. The molecule has 2 N–H and O–H groups in total. The molecule has 0 fully saturated rings. The van der Waals surface area contributed by atoms with Crippen LogP contribution < -0.4 is 10.6 Å². The van der Waals surface area contributed by atoms with Crippen LogP contribution in [0.1, 0.15) is 24.2 Å². The van der Waals surface area contributed by atoms with Crippen LogP contribution in [0.4, 0.5) is 8.78 Å². The van der Waals surface area contributed by atoms with E-state index in [2.05, 4.69) is 15.7 Å². The van der Waals surface area contributed by atoms with Gasteiger partial charge in [-0.1, -0.05) is 0 Å². The first-order valence-corrected chi connectivity index (χ1v) is 6.88. The van der Waals surface area contributed by atoms with Crippen molar-refractivity contribution < 1.29 is 13.6 Å². The summed E-state index contributed by atoms with van der Waals surface area (Å²) in [6, 6.07) is 3.06. The Labute approximate surface area is 127 Å². The van der Waals surface area contributed by atoms with E-state index < -0.39 is 11.6 Å². The van der Waals surface area contributed by atoms with E-state index in [0.717, 1.165) is 11.6 Å². The Hall–Kier alpha value is -2.28. The molecule has 1 amide bonds. The van der Waals surface area contributed by atoms with E-state index in [0.29, 0.717) is 5.69 Å². The molecule has 1 aromatic heterocycles. The molecule has 0 aliphatic carbocycles. The molecule has 5 nitrogen and oxygen atoms in total. The Morgan fingerprint density at radius 2 is 2.14 bits per heavy atom. The number of halogens is 2. The quantitative estimate of drug-likeness (QED) is 0.886. The van der Waals surface area contributed by atoms with E-state index in [-0.39, 0.29) is 24.2 Å². The summed E-state index contributed by atoms with van der Waals surface area (Å²) in [6.45, 7) is 3.80. The van der Waals surface area contributed by atoms with E-state index >= 15 is 0 Å². The van der Waals surface area contributed by atoms with Gasteiger partial charge in [0.2, 0.25) is 5.91 Å². The zero-order valence-electron chi connectivity index (χ0n) is 12.7. The molecule has 7 heteroatoms. The Kier molecular flexibility index (Phi) is 4.87. The predicted molar refractivity (Wildman–Crippen MR) is 78.7 cm³/mol. The van der Waals surface area contributed by atoms with Gasteiger partial charge in [0.05, 0.1) is 18.8 Å². The lowest BCUT2D eigenvalue weighted by molar-refractivity contribution is -0.120. The minimum atomic E-state index is -0.690. The number of aromatic nitrogens is 2. The van der Waals surface area contributed by atoms with Crippen molar-refractivity contribution in [3.63, 3.8) is 0 Å². The molecule has 22 heavy (non-hydrogen) atoms. The molecule has 0 unspecified atom stereocenters. The summed E-state index contributed by atoms with van der Waals surface area (Å²) in [6.07, 6.45) is 1.57. The highest BCUT2D eigenvalue weighted by Gasteiger charge is 2.17. The van der Waals surface area contributed by atoms with E-state index in [1.54, 1.807) is 20.2 Å². The van der Waals surface area contributed by atoms with Crippen molar-refractivity contribution in [1.29, 1.82) is 0 Å². The molecule has 0 radical (unpaired) electrons. The van der Waals surface area contributed by atoms with Crippen LogP contribution in [-0.2, 0) is 4.79 Å². The van der Waals surface area contributed by atoms with Crippen LogP contribution in [0.25, 0.3) is 5.69 Å². The number of nitrogens with one attached hydrogen (secondary N) is 2. The number of carbonyl (C=O) groups excluding carboxylic acids is 1. The fraction of sp³-hybridized carbons (Fsp3) is 0.333. The van der Waals surface area contributed by atoms with Crippen LogP contribution >= 0.6 is 0 Å². The van der Waals surface area contributed by atoms with Gasteiger partial charge in [-0.15, -0.1) is 0 Å². The van der Waals surface area contributed by atoms with Crippen molar-refractivity contribution in [2.45, 2.75) is 19.9 Å². The second-order valence-corrected chi connectivity index (χ2v) is 5.01. The lowest BCUT2D eigenvalue weighted by Gasteiger charge is -2.14. The van der Waals surface area contributed by atoms with Crippen LogP contribution in [0.15, 0.2) is 24.4 Å². The van der Waals surface area contributed by atoms with Crippen molar-refractivity contribution in [1.82, 2.24) is 20.4 Å². The Bertz CT molecular complexity index is 684. The summed E-state index contributed by atoms with van der Waals surface area (Å²) in [5.41, 5.74) is 1.62. The van der Waals surface area contributed by atoms with Gasteiger partial charge >= 0.3 is 0 Å². The number of nitrogens with zero attached hydrogens (tertiary/aromatic N) is 2. The summed E-state index contributed by atoms with van der Waals surface area (Å²) < 4.78 is 28.2. The van der Waals surface area contributed by atoms with Crippen molar-refractivity contribution in [2.75, 3.05) is 13.6 Å². The topological polar surface area (TPSA) is 59.0 Å². The van der Waals surface area contributed by atoms with Gasteiger partial charge in [0, 0.05) is 17.3 Å². The van der Waals surface area contributed by atoms with E-state index in [9.17, 15) is 13.6 Å². The number of benzene rings is 1. The zero-order valence-corrected chi connectivity index (χ0v) is 12.7. The van der Waals surface area contributed by atoms with E-state index in [1.165, 1.54) is 16.8 Å². The third-order valence-electron chi connectivity index (χ3n) is 3.37. The second kappa shape index (κ2) is 6.65. The molecular weight excluding hydrogens is 290 g/mol. The highest BCUT2D eigenvalue weighted by atomic mass is 19.1. The van der Waals surface area contributed by atoms with Crippen LogP contribution in [0.3, 0.4) is 0 Å². The third kappa shape index (κ3) is 3.30. The van der Waals surface area contributed by atoms with E-state index in [4.69, 9.17) is 0 Å². The normalized spacial score (nSPS) is 12.2. The number of likely N-dealkylation sites (N-methyl/N-ethyl adjacent to an activating group) is 1. The van der Waals surface area contributed by atoms with Gasteiger partial charge in [-0.2, -0.15) is 5.10 Å². The molecule has 0 aliphatic heterocycles. The van der Waals surface area contributed by atoms with Crippen molar-refractivity contribution >= 4 is 5.91 Å². The van der Waals surface area contributed by atoms with Crippen molar-refractivity contribution in [2.24, 2.45) is 0 Å². The molecule has 118 valence electrons. The maximum absolute atomic E-state index is 13.9. The second-order valence-electron chi connectivity index (χ2n) is 5.01. The molecule has 1 aromatic carbocycles. The summed E-state index contributed by atoms with van der Waals surface area (Å²) in [5.74, 6) is -1.47. The van der Waals surface area contributed by atoms with E-state index in [1.807, 2.05) is 6.92 Å². The lowest BCUT2D eigenvalue weighted by Crippen LogP contribution is -2.34. The van der Waals surface area contributed by atoms with Crippen LogP contribution in [-0.4, -0.2) is 29.3 Å². The van der Waals surface area contributed by atoms with Crippen molar-refractivity contribution in [3.05, 3.63) is 47.3 Å². The number of rotatable bonds is 5. The molecule has 0 spiro atoms. The summed E-state index contributed by atoms with van der Waals surface area (Å²) in [4.78, 5) is 11.6. The Balaban J connectivity index is 2.27. The minimum absolute atomic E-state index is 0.143. The number of hydrogen-bond donors (Lipinski definition) is 2. The van der Waals surface area contributed by atoms with Gasteiger partial charge < -0.3 is 10.6 Å². The number of carbonyl (C=O) groups is 1. The average Bonchev–Trinajstić information content (AvgIpc) is 2.81. The highest BCUT2D eigenvalue weighted by molar-refractivity contribution is 5.78. The summed E-state index contributed by atoms with van der Waals surface area (Å²) >= 11 is 0. The first-order chi connectivity index (χ1) is 10.4. The molecule has 2 aromatic rings. The molecule has 0 saturated heterocycles. The van der Waals surface area contributed by atoms with Crippen molar-refractivity contribution in [3.8, 4) is 5.69 Å². The lowest BCUT2D eigenvalue weighted by atomic mass is 10.1. The molecule has 0 bridgehead atoms. The predicted octanol–water partition coefficient (Wildman–Crippen LogP) is 1.86. The molecule has 1 atom stereocenters. The fourth-order valence-electron chi connectivity index (χ4n) is 2.27. The third-order valence-corrected chi connectivity index (χ3v) is 3.37. The standard InChI is InChI=1S/C15H18F2N4O/c1-9(20-15(22)8-18-3)12-7-19-21(10(12)2)14-5-4-11(16)6-13(14)17/h4-7,9,18H,8H2,1-3H3,(H,20,22)/t9-/m1/s1. The minimum Gasteiger partial charge on any atom is -0.348 e. The first-order valence-electron chi connectivity index (χ1n) is 6.88. The van der Waals surface area contributed by atoms with Gasteiger partial charge in [-0.3, -0.25) is 4.79 Å². The summed E-state index contributed by atoms with van der Waals surface area (Å²) in [7, 11) is 1.69. The first kappa shape index (κ1) is 16.1. The largest absolute Gasteiger partial charge is 0.348 e. The molecule has 1 heterocycles. The maximum atomic E-state index is 13.9. The fourth-order valence-corrected chi connectivity index (χ4v) is 2.27.